The maximum absolute atomic E-state index is 6.49. The largest absolute Gasteiger partial charge is 0.541 e. The van der Waals surface area contributed by atoms with E-state index in [9.17, 15) is 0 Å². The average molecular weight is 339 g/mol. The molecule has 0 fully saturated rings. The van der Waals surface area contributed by atoms with Gasteiger partial charge >= 0.3 is 0 Å². The van der Waals surface area contributed by atoms with E-state index in [1.165, 1.54) is 0 Å². The van der Waals surface area contributed by atoms with Gasteiger partial charge in [0.1, 0.15) is 11.5 Å². The third-order valence-corrected chi connectivity index (χ3v) is 13.9. The smallest absolute Gasteiger partial charge is 0.250 e. The van der Waals surface area contributed by atoms with E-state index in [-0.39, 0.29) is 10.1 Å². The van der Waals surface area contributed by atoms with Crippen molar-refractivity contribution in [1.29, 1.82) is 0 Å². The summed E-state index contributed by atoms with van der Waals surface area (Å²) in [6, 6.07) is 8.15. The van der Waals surface area contributed by atoms with Crippen LogP contribution in [0.4, 0.5) is 0 Å². The van der Waals surface area contributed by atoms with Gasteiger partial charge in [-0.05, 0) is 48.4 Å². The lowest BCUT2D eigenvalue weighted by Gasteiger charge is -2.39. The molecule has 0 aliphatic heterocycles. The van der Waals surface area contributed by atoms with Crippen LogP contribution in [-0.2, 0) is 0 Å². The molecule has 0 radical (unpaired) electrons. The van der Waals surface area contributed by atoms with Crippen LogP contribution in [0.1, 0.15) is 41.5 Å². The zero-order valence-corrected chi connectivity index (χ0v) is 18.1. The van der Waals surface area contributed by atoms with E-state index >= 15 is 0 Å². The summed E-state index contributed by atoms with van der Waals surface area (Å²) in [6.07, 6.45) is 0. The SMILES string of the molecule is CC(C)(C)[Si](C)(C)Oc1ccccc1O[Si](C)(C)C(C)(C)C. The first-order valence-corrected chi connectivity index (χ1v) is 14.0. The molecule has 0 atom stereocenters. The van der Waals surface area contributed by atoms with E-state index in [1.54, 1.807) is 0 Å². The van der Waals surface area contributed by atoms with Gasteiger partial charge in [0, 0.05) is 0 Å². The average Bonchev–Trinajstić information content (AvgIpc) is 2.28. The second kappa shape index (κ2) is 6.04. The van der Waals surface area contributed by atoms with Crippen LogP contribution < -0.4 is 8.85 Å². The molecule has 0 aromatic heterocycles. The van der Waals surface area contributed by atoms with Crippen LogP contribution in [0.25, 0.3) is 0 Å². The highest BCUT2D eigenvalue weighted by atomic mass is 28.4. The van der Waals surface area contributed by atoms with Gasteiger partial charge in [-0.25, -0.2) is 0 Å². The fraction of sp³-hybridized carbons (Fsp3) is 0.667. The first-order chi connectivity index (χ1) is 9.67. The Morgan fingerprint density at radius 3 is 1.14 bits per heavy atom. The lowest BCUT2D eigenvalue weighted by Crippen LogP contribution is -2.45. The fourth-order valence-electron chi connectivity index (χ4n) is 1.47. The summed E-state index contributed by atoms with van der Waals surface area (Å²) in [5.41, 5.74) is 0. The van der Waals surface area contributed by atoms with Gasteiger partial charge in [0.05, 0.1) is 0 Å². The van der Waals surface area contributed by atoms with Crippen LogP contribution in [0.3, 0.4) is 0 Å². The van der Waals surface area contributed by atoms with Gasteiger partial charge in [-0.3, -0.25) is 0 Å². The monoisotopic (exact) mass is 338 g/mol. The van der Waals surface area contributed by atoms with Gasteiger partial charge in [0.15, 0.2) is 0 Å². The van der Waals surface area contributed by atoms with Crippen LogP contribution >= 0.6 is 0 Å². The van der Waals surface area contributed by atoms with Gasteiger partial charge < -0.3 is 8.85 Å². The molecule has 0 saturated heterocycles. The molecule has 0 bridgehead atoms. The molecule has 0 aliphatic rings. The molecule has 0 unspecified atom stereocenters. The minimum absolute atomic E-state index is 0.178. The molecule has 0 spiro atoms. The van der Waals surface area contributed by atoms with E-state index in [4.69, 9.17) is 8.85 Å². The standard InChI is InChI=1S/C18H34O2Si2/c1-17(2,3)21(7,8)19-15-13-11-12-14-16(15)20-22(9,10)18(4,5)6/h11-14H,1-10H3. The molecule has 1 aromatic rings. The summed E-state index contributed by atoms with van der Waals surface area (Å²) in [6.45, 7) is 22.7. The summed E-state index contributed by atoms with van der Waals surface area (Å²) < 4.78 is 13.0. The van der Waals surface area contributed by atoms with Gasteiger partial charge in [0.25, 0.3) is 16.6 Å². The lowest BCUT2D eigenvalue weighted by atomic mass is 10.2. The van der Waals surface area contributed by atoms with Gasteiger partial charge in [-0.1, -0.05) is 53.7 Å². The quantitative estimate of drug-likeness (QED) is 0.587. The van der Waals surface area contributed by atoms with Crippen molar-refractivity contribution < 1.29 is 8.85 Å². The van der Waals surface area contributed by atoms with E-state index in [1.807, 2.05) is 24.3 Å². The molecule has 1 rings (SSSR count). The third kappa shape index (κ3) is 4.38. The number of hydrogen-bond acceptors (Lipinski definition) is 2. The molecule has 0 heterocycles. The molecule has 2 nitrogen and oxygen atoms in total. The fourth-order valence-corrected chi connectivity index (χ4v) is 3.52. The van der Waals surface area contributed by atoms with Crippen molar-refractivity contribution in [1.82, 2.24) is 0 Å². The van der Waals surface area contributed by atoms with Crippen molar-refractivity contribution in [2.45, 2.75) is 77.8 Å². The van der Waals surface area contributed by atoms with Crippen molar-refractivity contribution >= 4 is 16.6 Å². The second-order valence-electron chi connectivity index (χ2n) is 9.17. The molecule has 0 N–H and O–H groups in total. The summed E-state index contributed by atoms with van der Waals surface area (Å²) in [5.74, 6) is 1.80. The normalized spacial score (nSPS) is 13.9. The molecule has 0 aliphatic carbocycles. The minimum Gasteiger partial charge on any atom is -0.541 e. The highest BCUT2D eigenvalue weighted by Gasteiger charge is 2.41. The molecule has 0 saturated carbocycles. The predicted molar refractivity (Wildman–Crippen MR) is 102 cm³/mol. The topological polar surface area (TPSA) is 18.5 Å². The van der Waals surface area contributed by atoms with Gasteiger partial charge in [0.2, 0.25) is 0 Å². The highest BCUT2D eigenvalue weighted by molar-refractivity contribution is 6.75. The first kappa shape index (κ1) is 19.3. The van der Waals surface area contributed by atoms with Crippen LogP contribution in [0.15, 0.2) is 24.3 Å². The zero-order chi connectivity index (χ0) is 17.4. The predicted octanol–water partition coefficient (Wildman–Crippen LogP) is 6.45. The Bertz CT molecular complexity index is 462. The van der Waals surface area contributed by atoms with Crippen LogP contribution in [0.5, 0.6) is 11.5 Å². The molecule has 1 aromatic carbocycles. The maximum atomic E-state index is 6.49. The van der Waals surface area contributed by atoms with Crippen molar-refractivity contribution in [3.05, 3.63) is 24.3 Å². The van der Waals surface area contributed by atoms with E-state index in [0.29, 0.717) is 0 Å². The maximum Gasteiger partial charge on any atom is 0.250 e. The van der Waals surface area contributed by atoms with Gasteiger partial charge in [-0.15, -0.1) is 0 Å². The number of para-hydroxylation sites is 2. The van der Waals surface area contributed by atoms with Crippen molar-refractivity contribution in [3.8, 4) is 11.5 Å². The number of hydrogen-bond donors (Lipinski definition) is 0. The molecular formula is C18H34O2Si2. The Labute approximate surface area is 139 Å². The Morgan fingerprint density at radius 2 is 0.909 bits per heavy atom. The summed E-state index contributed by atoms with van der Waals surface area (Å²) in [5, 5.41) is 0.355. The van der Waals surface area contributed by atoms with Crippen LogP contribution in [-0.4, -0.2) is 16.6 Å². The third-order valence-electron chi connectivity index (χ3n) is 5.19. The zero-order valence-electron chi connectivity index (χ0n) is 16.1. The number of rotatable bonds is 4. The Hall–Kier alpha value is -0.746. The summed E-state index contributed by atoms with van der Waals surface area (Å²) >= 11 is 0. The molecule has 0 amide bonds. The van der Waals surface area contributed by atoms with Crippen molar-refractivity contribution in [2.24, 2.45) is 0 Å². The second-order valence-corrected chi connectivity index (χ2v) is 18.6. The Balaban J connectivity index is 3.12. The Kier molecular flexibility index (Phi) is 5.30. The van der Waals surface area contributed by atoms with Crippen molar-refractivity contribution in [3.63, 3.8) is 0 Å². The molecular weight excluding hydrogens is 304 g/mol. The van der Waals surface area contributed by atoms with E-state index in [0.717, 1.165) is 11.5 Å². The first-order valence-electron chi connectivity index (χ1n) is 8.14. The molecule has 4 heteroatoms. The Morgan fingerprint density at radius 1 is 0.636 bits per heavy atom. The van der Waals surface area contributed by atoms with Crippen LogP contribution in [0, 0.1) is 0 Å². The molecule has 126 valence electrons. The lowest BCUT2D eigenvalue weighted by molar-refractivity contribution is 0.440. The van der Waals surface area contributed by atoms with Crippen LogP contribution in [0.2, 0.25) is 36.3 Å². The summed E-state index contributed by atoms with van der Waals surface area (Å²) in [4.78, 5) is 0. The highest BCUT2D eigenvalue weighted by Crippen LogP contribution is 2.43. The van der Waals surface area contributed by atoms with Crippen molar-refractivity contribution in [2.75, 3.05) is 0 Å². The number of benzene rings is 1. The minimum atomic E-state index is -1.86. The van der Waals surface area contributed by atoms with E-state index in [2.05, 4.69) is 67.7 Å². The summed E-state index contributed by atoms with van der Waals surface area (Å²) in [7, 11) is -3.73. The van der Waals surface area contributed by atoms with Gasteiger partial charge in [-0.2, -0.15) is 0 Å². The van der Waals surface area contributed by atoms with E-state index < -0.39 is 16.6 Å². The molecule has 22 heavy (non-hydrogen) atoms.